The maximum absolute atomic E-state index is 14.0. The summed E-state index contributed by atoms with van der Waals surface area (Å²) in [6, 6.07) is 2.88. The zero-order valence-corrected chi connectivity index (χ0v) is 15.7. The molecule has 26 heavy (non-hydrogen) atoms. The van der Waals surface area contributed by atoms with Crippen LogP contribution in [0.3, 0.4) is 0 Å². The van der Waals surface area contributed by atoms with Crippen LogP contribution < -0.4 is 5.56 Å². The van der Waals surface area contributed by atoms with Crippen LogP contribution in [0.15, 0.2) is 27.7 Å². The fourth-order valence-electron chi connectivity index (χ4n) is 3.95. The van der Waals surface area contributed by atoms with Crippen LogP contribution in [0.2, 0.25) is 0 Å². The first kappa shape index (κ1) is 17.6. The van der Waals surface area contributed by atoms with Crippen molar-refractivity contribution in [3.8, 4) is 0 Å². The maximum Gasteiger partial charge on any atom is 0.261 e. The van der Waals surface area contributed by atoms with E-state index in [1.165, 1.54) is 23.0 Å². The molecule has 0 bridgehead atoms. The Hall–Kier alpha value is -1.80. The highest BCUT2D eigenvalue weighted by Gasteiger charge is 2.36. The van der Waals surface area contributed by atoms with E-state index in [9.17, 15) is 14.0 Å². The number of aromatic nitrogens is 2. The lowest BCUT2D eigenvalue weighted by Crippen LogP contribution is -2.55. The predicted octanol–water partition coefficient (Wildman–Crippen LogP) is 2.47. The number of benzene rings is 1. The molecule has 0 N–H and O–H groups in total. The minimum atomic E-state index is -0.567. The van der Waals surface area contributed by atoms with E-state index in [1.807, 2.05) is 4.90 Å². The van der Waals surface area contributed by atoms with Gasteiger partial charge >= 0.3 is 0 Å². The summed E-state index contributed by atoms with van der Waals surface area (Å²) in [6.07, 6.45) is 5.45. The number of fused-ring (bicyclic) bond motifs is 2. The third-order valence-corrected chi connectivity index (χ3v) is 5.66. The standard InChI is InChI=1S/C18H19BrFN3O3/c19-11-7-12-17(13(20)8-11)21-10-22(18(12)25)9-16(24)23-5-6-26-15-4-2-1-3-14(15)23/h7-8,10,14-15H,1-6,9H2/t14-,15-/m1/s1. The van der Waals surface area contributed by atoms with Gasteiger partial charge in [0.15, 0.2) is 5.82 Å². The van der Waals surface area contributed by atoms with Gasteiger partial charge in [-0.3, -0.25) is 14.2 Å². The first-order valence-electron chi connectivity index (χ1n) is 8.80. The quantitative estimate of drug-likeness (QED) is 0.743. The molecule has 2 aromatic rings. The van der Waals surface area contributed by atoms with Gasteiger partial charge in [-0.15, -0.1) is 0 Å². The fraction of sp³-hybridized carbons (Fsp3) is 0.500. The SMILES string of the molecule is O=C(Cn1cnc2c(F)cc(Br)cc2c1=O)N1CCO[C@@H]2CCCC[C@H]21. The molecule has 0 spiro atoms. The fourth-order valence-corrected chi connectivity index (χ4v) is 4.38. The molecular formula is C18H19BrFN3O3. The summed E-state index contributed by atoms with van der Waals surface area (Å²) >= 11 is 3.19. The molecule has 2 heterocycles. The molecule has 4 rings (SSSR count). The minimum absolute atomic E-state index is 0.0145. The van der Waals surface area contributed by atoms with Crippen LogP contribution in [0.5, 0.6) is 0 Å². The van der Waals surface area contributed by atoms with Crippen molar-refractivity contribution in [1.29, 1.82) is 0 Å². The average Bonchev–Trinajstić information content (AvgIpc) is 2.64. The Kier molecular flexibility index (Phi) is 4.79. The van der Waals surface area contributed by atoms with E-state index in [0.29, 0.717) is 17.6 Å². The molecule has 0 unspecified atom stereocenters. The number of hydrogen-bond acceptors (Lipinski definition) is 4. The normalized spacial score (nSPS) is 23.1. The van der Waals surface area contributed by atoms with E-state index in [2.05, 4.69) is 20.9 Å². The molecular weight excluding hydrogens is 405 g/mol. The molecule has 2 aliphatic rings. The number of halogens is 2. The number of rotatable bonds is 2. The highest BCUT2D eigenvalue weighted by Crippen LogP contribution is 2.28. The molecule has 8 heteroatoms. The van der Waals surface area contributed by atoms with Crippen molar-refractivity contribution in [3.05, 3.63) is 39.1 Å². The third kappa shape index (κ3) is 3.16. The van der Waals surface area contributed by atoms with Gasteiger partial charge < -0.3 is 9.64 Å². The lowest BCUT2D eigenvalue weighted by Gasteiger charge is -2.43. The Bertz CT molecular complexity index is 914. The van der Waals surface area contributed by atoms with Crippen LogP contribution in [-0.4, -0.2) is 45.7 Å². The van der Waals surface area contributed by atoms with Gasteiger partial charge in [-0.25, -0.2) is 9.37 Å². The highest BCUT2D eigenvalue weighted by molar-refractivity contribution is 9.10. The smallest absolute Gasteiger partial charge is 0.261 e. The highest BCUT2D eigenvalue weighted by atomic mass is 79.9. The molecule has 6 nitrogen and oxygen atoms in total. The summed E-state index contributed by atoms with van der Waals surface area (Å²) in [5.41, 5.74) is -0.405. The summed E-state index contributed by atoms with van der Waals surface area (Å²) in [4.78, 5) is 31.4. The van der Waals surface area contributed by atoms with E-state index in [4.69, 9.17) is 4.74 Å². The number of hydrogen-bond donors (Lipinski definition) is 0. The molecule has 2 fully saturated rings. The number of morpholine rings is 1. The van der Waals surface area contributed by atoms with Gasteiger partial charge in [0.05, 0.1) is 30.5 Å². The first-order chi connectivity index (χ1) is 12.5. The van der Waals surface area contributed by atoms with Gasteiger partial charge in [0.25, 0.3) is 5.56 Å². The average molecular weight is 424 g/mol. The molecule has 138 valence electrons. The second-order valence-electron chi connectivity index (χ2n) is 6.81. The zero-order valence-electron chi connectivity index (χ0n) is 14.2. The Morgan fingerprint density at radius 2 is 2.15 bits per heavy atom. The van der Waals surface area contributed by atoms with Crippen LogP contribution in [0.1, 0.15) is 25.7 Å². The van der Waals surface area contributed by atoms with Crippen LogP contribution in [-0.2, 0) is 16.1 Å². The van der Waals surface area contributed by atoms with Crippen molar-refractivity contribution in [1.82, 2.24) is 14.5 Å². The summed E-state index contributed by atoms with van der Waals surface area (Å²) in [6.45, 7) is 0.963. The largest absolute Gasteiger partial charge is 0.374 e. The van der Waals surface area contributed by atoms with Gasteiger partial charge in [0.1, 0.15) is 12.1 Å². The molecule has 0 radical (unpaired) electrons. The Morgan fingerprint density at radius 1 is 1.35 bits per heavy atom. The van der Waals surface area contributed by atoms with Crippen molar-refractivity contribution in [3.63, 3.8) is 0 Å². The first-order valence-corrected chi connectivity index (χ1v) is 9.59. The van der Waals surface area contributed by atoms with Gasteiger partial charge in [0.2, 0.25) is 5.91 Å². The van der Waals surface area contributed by atoms with Crippen LogP contribution in [0.4, 0.5) is 4.39 Å². The summed E-state index contributed by atoms with van der Waals surface area (Å²) in [7, 11) is 0. The van der Waals surface area contributed by atoms with E-state index in [0.717, 1.165) is 25.7 Å². The maximum atomic E-state index is 14.0. The Labute approximate surface area is 158 Å². The molecule has 1 saturated carbocycles. The van der Waals surface area contributed by atoms with Gasteiger partial charge in [0, 0.05) is 11.0 Å². The number of nitrogens with zero attached hydrogens (tertiary/aromatic N) is 3. The Balaban J connectivity index is 1.61. The molecule has 2 atom stereocenters. The lowest BCUT2D eigenvalue weighted by molar-refractivity contribution is -0.150. The van der Waals surface area contributed by atoms with Crippen molar-refractivity contribution in [2.75, 3.05) is 13.2 Å². The number of carbonyl (C=O) groups excluding carboxylic acids is 1. The molecule has 1 aromatic carbocycles. The molecule has 1 aliphatic heterocycles. The zero-order chi connectivity index (χ0) is 18.3. The topological polar surface area (TPSA) is 64.4 Å². The lowest BCUT2D eigenvalue weighted by atomic mass is 9.90. The van der Waals surface area contributed by atoms with E-state index in [-0.39, 0.29) is 35.5 Å². The summed E-state index contributed by atoms with van der Waals surface area (Å²) < 4.78 is 21.5. The monoisotopic (exact) mass is 423 g/mol. The molecule has 1 aromatic heterocycles. The second-order valence-corrected chi connectivity index (χ2v) is 7.73. The van der Waals surface area contributed by atoms with Crippen molar-refractivity contribution in [2.24, 2.45) is 0 Å². The number of amides is 1. The molecule has 1 aliphatic carbocycles. The summed E-state index contributed by atoms with van der Waals surface area (Å²) in [5, 5.41) is 0.157. The molecule has 1 saturated heterocycles. The van der Waals surface area contributed by atoms with Crippen molar-refractivity contribution >= 4 is 32.7 Å². The summed E-state index contributed by atoms with van der Waals surface area (Å²) in [5.74, 6) is -0.688. The van der Waals surface area contributed by atoms with Crippen molar-refractivity contribution < 1.29 is 13.9 Å². The van der Waals surface area contributed by atoms with Gasteiger partial charge in [-0.1, -0.05) is 28.8 Å². The third-order valence-electron chi connectivity index (χ3n) is 5.20. The van der Waals surface area contributed by atoms with Crippen molar-refractivity contribution in [2.45, 2.75) is 44.4 Å². The van der Waals surface area contributed by atoms with Gasteiger partial charge in [-0.2, -0.15) is 0 Å². The number of ether oxygens (including phenoxy) is 1. The van der Waals surface area contributed by atoms with E-state index >= 15 is 0 Å². The van der Waals surface area contributed by atoms with Gasteiger partial charge in [-0.05, 0) is 25.0 Å². The second kappa shape index (κ2) is 7.08. The molecule has 1 amide bonds. The van der Waals surface area contributed by atoms with Crippen LogP contribution >= 0.6 is 15.9 Å². The Morgan fingerprint density at radius 3 is 3.00 bits per heavy atom. The number of carbonyl (C=O) groups is 1. The van der Waals surface area contributed by atoms with Crippen LogP contribution in [0, 0.1) is 5.82 Å². The predicted molar refractivity (Wildman–Crippen MR) is 97.4 cm³/mol. The van der Waals surface area contributed by atoms with E-state index in [1.54, 1.807) is 0 Å². The van der Waals surface area contributed by atoms with Crippen LogP contribution in [0.25, 0.3) is 10.9 Å². The minimum Gasteiger partial charge on any atom is -0.374 e. The van der Waals surface area contributed by atoms with E-state index < -0.39 is 11.4 Å².